The number of aromatic nitrogens is 1. The smallest absolute Gasteiger partial charge is 0.101 e. The molecule has 0 aliphatic heterocycles. The van der Waals surface area contributed by atoms with Crippen LogP contribution in [0.4, 0.5) is 0 Å². The minimum Gasteiger partial charge on any atom is -0.239 e. The van der Waals surface area contributed by atoms with Gasteiger partial charge in [0.15, 0.2) is 0 Å². The summed E-state index contributed by atoms with van der Waals surface area (Å²) < 4.78 is 0. The third kappa shape index (κ3) is 1.57. The van der Waals surface area contributed by atoms with Gasteiger partial charge in [-0.2, -0.15) is 0 Å². The fourth-order valence-electron chi connectivity index (χ4n) is 1.03. The zero-order chi connectivity index (χ0) is 7.40. The molecule has 0 N–H and O–H groups in total. The third-order valence-corrected chi connectivity index (χ3v) is 2.63. The normalized spacial score (nSPS) is 10.7. The average molecular weight is 154 g/mol. The minimum atomic E-state index is 0.663. The lowest BCUT2D eigenvalue weighted by atomic mass is 10.1. The van der Waals surface area contributed by atoms with Crippen LogP contribution < -0.4 is 0 Å². The number of hydrogen-bond acceptors (Lipinski definition) is 2. The van der Waals surface area contributed by atoms with E-state index in [0.717, 1.165) is 0 Å². The van der Waals surface area contributed by atoms with Gasteiger partial charge in [0.1, 0.15) is 6.20 Å². The molecule has 1 heterocycles. The van der Waals surface area contributed by atoms with E-state index in [9.17, 15) is 0 Å². The molecule has 0 aliphatic rings. The van der Waals surface area contributed by atoms with Gasteiger partial charge in [-0.3, -0.25) is 0 Å². The molecule has 2 heteroatoms. The molecule has 0 fully saturated rings. The zero-order valence-electron chi connectivity index (χ0n) is 6.42. The highest BCUT2D eigenvalue weighted by Crippen LogP contribution is 2.23. The molecule has 0 aromatic carbocycles. The molecule has 0 atom stereocenters. The van der Waals surface area contributed by atoms with Crippen molar-refractivity contribution in [1.29, 1.82) is 0 Å². The molecule has 1 rings (SSSR count). The standard InChI is InChI=1S/C8H12NS/c1-3-7(4-2)8-9-5-6-10-8/h6-7H,3-4H2,1-2H3. The molecule has 0 saturated heterocycles. The van der Waals surface area contributed by atoms with Gasteiger partial charge in [-0.05, 0) is 12.8 Å². The van der Waals surface area contributed by atoms with Crippen molar-refractivity contribution in [2.75, 3.05) is 0 Å². The second kappa shape index (κ2) is 3.71. The molecule has 0 unspecified atom stereocenters. The van der Waals surface area contributed by atoms with Crippen molar-refractivity contribution in [3.05, 3.63) is 16.6 Å². The summed E-state index contributed by atoms with van der Waals surface area (Å²) in [6, 6.07) is 0. The molecule has 0 saturated carbocycles. The van der Waals surface area contributed by atoms with E-state index >= 15 is 0 Å². The quantitative estimate of drug-likeness (QED) is 0.652. The summed E-state index contributed by atoms with van der Waals surface area (Å²) in [5.74, 6) is 0.663. The molecule has 0 bridgehead atoms. The monoisotopic (exact) mass is 154 g/mol. The number of thiazole rings is 1. The van der Waals surface area contributed by atoms with Crippen molar-refractivity contribution in [1.82, 2.24) is 4.98 Å². The van der Waals surface area contributed by atoms with Crippen molar-refractivity contribution in [3.63, 3.8) is 0 Å². The molecule has 10 heavy (non-hydrogen) atoms. The molecule has 0 aliphatic carbocycles. The van der Waals surface area contributed by atoms with Gasteiger partial charge in [-0.25, -0.2) is 4.98 Å². The topological polar surface area (TPSA) is 12.9 Å². The Balaban J connectivity index is 2.64. The van der Waals surface area contributed by atoms with E-state index in [-0.39, 0.29) is 0 Å². The Morgan fingerprint density at radius 2 is 2.30 bits per heavy atom. The molecular formula is C8H12NS. The molecular weight excluding hydrogens is 142 g/mol. The van der Waals surface area contributed by atoms with Crippen LogP contribution in [0.25, 0.3) is 0 Å². The Morgan fingerprint density at radius 1 is 1.60 bits per heavy atom. The van der Waals surface area contributed by atoms with Crippen LogP contribution in [0.1, 0.15) is 37.6 Å². The number of nitrogens with zero attached hydrogens (tertiary/aromatic N) is 1. The van der Waals surface area contributed by atoms with Gasteiger partial charge in [0.25, 0.3) is 0 Å². The average Bonchev–Trinajstić information content (AvgIpc) is 2.43. The Kier molecular flexibility index (Phi) is 2.87. The molecule has 1 nitrogen and oxygen atoms in total. The van der Waals surface area contributed by atoms with E-state index in [2.05, 4.69) is 25.0 Å². The number of rotatable bonds is 3. The largest absolute Gasteiger partial charge is 0.239 e. The van der Waals surface area contributed by atoms with Crippen molar-refractivity contribution in [2.24, 2.45) is 0 Å². The fourth-order valence-corrected chi connectivity index (χ4v) is 1.89. The van der Waals surface area contributed by atoms with Gasteiger partial charge in [-0.15, -0.1) is 11.3 Å². The Bertz CT molecular complexity index is 165. The molecule has 1 aromatic heterocycles. The van der Waals surface area contributed by atoms with E-state index in [1.54, 1.807) is 11.3 Å². The van der Waals surface area contributed by atoms with E-state index in [1.165, 1.54) is 17.8 Å². The van der Waals surface area contributed by atoms with Crippen molar-refractivity contribution in [2.45, 2.75) is 32.6 Å². The van der Waals surface area contributed by atoms with Crippen molar-refractivity contribution in [3.8, 4) is 0 Å². The van der Waals surface area contributed by atoms with E-state index in [1.807, 2.05) is 5.38 Å². The van der Waals surface area contributed by atoms with Gasteiger partial charge in [0, 0.05) is 11.3 Å². The first-order chi connectivity index (χ1) is 4.88. The molecule has 55 valence electrons. The number of hydrogen-bond donors (Lipinski definition) is 0. The summed E-state index contributed by atoms with van der Waals surface area (Å²) >= 11 is 1.71. The summed E-state index contributed by atoms with van der Waals surface area (Å²) in [6.07, 6.45) is 5.23. The second-order valence-corrected chi connectivity index (χ2v) is 3.22. The van der Waals surface area contributed by atoms with Crippen LogP contribution in [0.15, 0.2) is 5.38 Å². The maximum absolute atomic E-state index is 4.15. The van der Waals surface area contributed by atoms with Crippen LogP contribution in [-0.4, -0.2) is 4.98 Å². The molecule has 0 spiro atoms. The maximum atomic E-state index is 4.15. The first-order valence-corrected chi connectivity index (χ1v) is 4.57. The predicted molar refractivity (Wildman–Crippen MR) is 44.3 cm³/mol. The third-order valence-electron chi connectivity index (χ3n) is 1.74. The summed E-state index contributed by atoms with van der Waals surface area (Å²) in [4.78, 5) is 4.15. The lowest BCUT2D eigenvalue weighted by Gasteiger charge is -2.06. The lowest BCUT2D eigenvalue weighted by molar-refractivity contribution is 0.637. The van der Waals surface area contributed by atoms with Crippen molar-refractivity contribution >= 4 is 11.3 Å². The van der Waals surface area contributed by atoms with Crippen LogP contribution in [0, 0.1) is 6.20 Å². The van der Waals surface area contributed by atoms with Gasteiger partial charge in [-0.1, -0.05) is 13.8 Å². The van der Waals surface area contributed by atoms with Gasteiger partial charge < -0.3 is 0 Å². The minimum absolute atomic E-state index is 0.663. The lowest BCUT2D eigenvalue weighted by Crippen LogP contribution is -1.92. The van der Waals surface area contributed by atoms with E-state index < -0.39 is 0 Å². The van der Waals surface area contributed by atoms with Gasteiger partial charge in [0.2, 0.25) is 0 Å². The summed E-state index contributed by atoms with van der Waals surface area (Å²) in [6.45, 7) is 4.41. The molecule has 0 amide bonds. The van der Waals surface area contributed by atoms with Crippen LogP contribution in [0.3, 0.4) is 0 Å². The van der Waals surface area contributed by atoms with Crippen LogP contribution in [0.5, 0.6) is 0 Å². The molecule has 1 radical (unpaired) electrons. The summed E-state index contributed by atoms with van der Waals surface area (Å²) in [5, 5.41) is 3.16. The summed E-state index contributed by atoms with van der Waals surface area (Å²) in [7, 11) is 0. The highest BCUT2D eigenvalue weighted by atomic mass is 32.1. The first kappa shape index (κ1) is 7.73. The zero-order valence-corrected chi connectivity index (χ0v) is 7.24. The van der Waals surface area contributed by atoms with Crippen molar-refractivity contribution < 1.29 is 0 Å². The highest BCUT2D eigenvalue weighted by molar-refractivity contribution is 7.09. The highest BCUT2D eigenvalue weighted by Gasteiger charge is 2.07. The van der Waals surface area contributed by atoms with Crippen LogP contribution >= 0.6 is 11.3 Å². The second-order valence-electron chi connectivity index (χ2n) is 2.33. The van der Waals surface area contributed by atoms with Crippen LogP contribution in [0.2, 0.25) is 0 Å². The van der Waals surface area contributed by atoms with Gasteiger partial charge in [0.05, 0.1) is 5.01 Å². The Labute approximate surface area is 66.1 Å². The Hall–Kier alpha value is -0.370. The predicted octanol–water partition coefficient (Wildman–Crippen LogP) is 2.85. The van der Waals surface area contributed by atoms with Crippen LogP contribution in [-0.2, 0) is 0 Å². The van der Waals surface area contributed by atoms with E-state index in [4.69, 9.17) is 0 Å². The van der Waals surface area contributed by atoms with Gasteiger partial charge >= 0.3 is 0 Å². The molecule has 1 aromatic rings. The fraction of sp³-hybridized carbons (Fsp3) is 0.625. The van der Waals surface area contributed by atoms with E-state index in [0.29, 0.717) is 5.92 Å². The SMILES string of the molecule is CCC(CC)c1n[c]cs1. The maximum Gasteiger partial charge on any atom is 0.101 e. The Morgan fingerprint density at radius 3 is 2.70 bits per heavy atom. The first-order valence-electron chi connectivity index (χ1n) is 3.70. The summed E-state index contributed by atoms with van der Waals surface area (Å²) in [5.41, 5.74) is 0.